The van der Waals surface area contributed by atoms with Crippen molar-refractivity contribution < 1.29 is 9.59 Å². The second-order valence-corrected chi connectivity index (χ2v) is 5.53. The number of carbonyl (C=O) groups is 2. The van der Waals surface area contributed by atoms with Crippen LogP contribution in [0.3, 0.4) is 0 Å². The Bertz CT molecular complexity index is 819. The molecule has 2 aromatic rings. The summed E-state index contributed by atoms with van der Waals surface area (Å²) in [5, 5.41) is 3.14. The van der Waals surface area contributed by atoms with Crippen molar-refractivity contribution in [1.82, 2.24) is 0 Å². The maximum atomic E-state index is 12.4. The predicted octanol–water partition coefficient (Wildman–Crippen LogP) is 3.55. The molecular formula is C20H17NO2. The highest BCUT2D eigenvalue weighted by Crippen LogP contribution is 2.38. The zero-order chi connectivity index (χ0) is 16.4. The lowest BCUT2D eigenvalue weighted by Crippen LogP contribution is -2.32. The number of benzene rings is 2. The highest BCUT2D eigenvalue weighted by Gasteiger charge is 2.30. The van der Waals surface area contributed by atoms with Gasteiger partial charge in [0.15, 0.2) is 5.78 Å². The van der Waals surface area contributed by atoms with Crippen molar-refractivity contribution in [3.8, 4) is 0 Å². The number of carbonyl (C=O) groups excluding carboxylic acids is 2. The van der Waals surface area contributed by atoms with Gasteiger partial charge < -0.3 is 10.1 Å². The molecule has 0 bridgehead atoms. The zero-order valence-corrected chi connectivity index (χ0v) is 12.9. The van der Waals surface area contributed by atoms with Gasteiger partial charge in [0.05, 0.1) is 0 Å². The minimum absolute atomic E-state index is 0.236. The Hall–Kier alpha value is -2.94. The van der Waals surface area contributed by atoms with E-state index in [9.17, 15) is 9.59 Å². The molecular weight excluding hydrogens is 286 g/mol. The van der Waals surface area contributed by atoms with Gasteiger partial charge >= 0.3 is 0 Å². The van der Waals surface area contributed by atoms with E-state index in [2.05, 4.69) is 11.9 Å². The summed E-state index contributed by atoms with van der Waals surface area (Å²) >= 11 is 0. The quantitative estimate of drug-likeness (QED) is 0.694. The molecule has 0 saturated heterocycles. The Morgan fingerprint density at radius 3 is 2.57 bits per heavy atom. The Labute approximate surface area is 135 Å². The first kappa shape index (κ1) is 15.0. The van der Waals surface area contributed by atoms with Gasteiger partial charge in [-0.25, -0.2) is 0 Å². The van der Waals surface area contributed by atoms with Crippen molar-refractivity contribution in [3.05, 3.63) is 83.4 Å². The van der Waals surface area contributed by atoms with E-state index in [4.69, 9.17) is 0 Å². The van der Waals surface area contributed by atoms with Crippen molar-refractivity contribution in [2.75, 3.05) is 5.32 Å². The van der Waals surface area contributed by atoms with Gasteiger partial charge in [-0.2, -0.15) is 0 Å². The van der Waals surface area contributed by atoms with Crippen molar-refractivity contribution >= 4 is 23.3 Å². The topological polar surface area (TPSA) is 46.2 Å². The summed E-state index contributed by atoms with van der Waals surface area (Å²) in [7, 11) is 0. The number of rotatable bonds is 4. The van der Waals surface area contributed by atoms with Crippen LogP contribution < -0.4 is 5.32 Å². The Morgan fingerprint density at radius 2 is 1.91 bits per heavy atom. The third-order valence-electron chi connectivity index (χ3n) is 3.99. The first-order chi connectivity index (χ1) is 11.2. The Kier molecular flexibility index (Phi) is 3.94. The van der Waals surface area contributed by atoms with Crippen molar-refractivity contribution in [1.29, 1.82) is 0 Å². The molecule has 1 heterocycles. The molecule has 0 fully saturated rings. The van der Waals surface area contributed by atoms with E-state index in [0.717, 1.165) is 34.2 Å². The minimum Gasteiger partial charge on any atom is -0.371 e. The maximum Gasteiger partial charge on any atom is 0.184 e. The molecule has 0 saturated carbocycles. The van der Waals surface area contributed by atoms with Gasteiger partial charge in [-0.15, -0.1) is 0 Å². The monoisotopic (exact) mass is 303 g/mol. The Morgan fingerprint density at radius 1 is 1.17 bits per heavy atom. The normalized spacial score (nSPS) is 16.3. The summed E-state index contributed by atoms with van der Waals surface area (Å²) in [5.41, 5.74) is 5.03. The molecule has 0 aromatic heterocycles. The smallest absolute Gasteiger partial charge is 0.184 e. The molecule has 1 unspecified atom stereocenters. The van der Waals surface area contributed by atoms with E-state index in [0.29, 0.717) is 5.57 Å². The molecule has 0 amide bonds. The minimum atomic E-state index is -0.675. The molecule has 1 atom stereocenters. The van der Waals surface area contributed by atoms with Gasteiger partial charge in [0.25, 0.3) is 0 Å². The third kappa shape index (κ3) is 2.61. The van der Waals surface area contributed by atoms with Crippen LogP contribution in [0.15, 0.2) is 66.8 Å². The fraction of sp³-hybridized carbons (Fsp3) is 0.100. The molecule has 0 spiro atoms. The van der Waals surface area contributed by atoms with Gasteiger partial charge in [-0.05, 0) is 30.7 Å². The van der Waals surface area contributed by atoms with E-state index in [-0.39, 0.29) is 5.78 Å². The van der Waals surface area contributed by atoms with Crippen LogP contribution in [0.5, 0.6) is 0 Å². The lowest BCUT2D eigenvalue weighted by Gasteiger charge is -2.29. The summed E-state index contributed by atoms with van der Waals surface area (Å²) in [6, 6.07) is 14.9. The predicted molar refractivity (Wildman–Crippen MR) is 92.3 cm³/mol. The molecule has 0 aliphatic carbocycles. The van der Waals surface area contributed by atoms with Crippen LogP contribution in [0.1, 0.15) is 16.7 Å². The van der Waals surface area contributed by atoms with Gasteiger partial charge in [-0.1, -0.05) is 48.5 Å². The molecule has 1 aliphatic heterocycles. The van der Waals surface area contributed by atoms with Crippen LogP contribution >= 0.6 is 0 Å². The second kappa shape index (κ2) is 6.05. The summed E-state index contributed by atoms with van der Waals surface area (Å²) < 4.78 is 0. The Balaban J connectivity index is 2.37. The number of anilines is 1. The third-order valence-corrected chi connectivity index (χ3v) is 3.99. The fourth-order valence-corrected chi connectivity index (χ4v) is 2.94. The second-order valence-electron chi connectivity index (χ2n) is 5.53. The first-order valence-corrected chi connectivity index (χ1v) is 7.45. The number of hydrogen-bond donors (Lipinski definition) is 1. The first-order valence-electron chi connectivity index (χ1n) is 7.45. The van der Waals surface area contributed by atoms with Crippen LogP contribution in [-0.4, -0.2) is 18.1 Å². The SMILES string of the molecule is C=CC(=O)C1=C(c2ccccc2)c2cc(C)ccc2NC1C=O. The van der Waals surface area contributed by atoms with E-state index in [1.807, 2.05) is 55.5 Å². The van der Waals surface area contributed by atoms with Crippen molar-refractivity contribution in [2.45, 2.75) is 13.0 Å². The van der Waals surface area contributed by atoms with Crippen LogP contribution in [-0.2, 0) is 9.59 Å². The number of hydrogen-bond acceptors (Lipinski definition) is 3. The number of aldehydes is 1. The largest absolute Gasteiger partial charge is 0.371 e. The zero-order valence-electron chi connectivity index (χ0n) is 12.9. The standard InChI is InChI=1S/C20H17NO2/c1-3-18(23)20-17(12-22)21-16-10-9-13(2)11-15(16)19(20)14-7-5-4-6-8-14/h3-12,17,21H,1H2,2H3. The summed E-state index contributed by atoms with van der Waals surface area (Å²) in [5.74, 6) is -0.236. The number of allylic oxidation sites excluding steroid dienone is 1. The van der Waals surface area contributed by atoms with Crippen molar-refractivity contribution in [3.63, 3.8) is 0 Å². The highest BCUT2D eigenvalue weighted by atomic mass is 16.1. The fourth-order valence-electron chi connectivity index (χ4n) is 2.94. The highest BCUT2D eigenvalue weighted by molar-refractivity contribution is 6.16. The maximum absolute atomic E-state index is 12.4. The van der Waals surface area contributed by atoms with Crippen LogP contribution in [0.25, 0.3) is 5.57 Å². The van der Waals surface area contributed by atoms with Gasteiger partial charge in [-0.3, -0.25) is 4.79 Å². The van der Waals surface area contributed by atoms with Gasteiger partial charge in [0.1, 0.15) is 12.3 Å². The molecule has 114 valence electrons. The number of fused-ring (bicyclic) bond motifs is 1. The lowest BCUT2D eigenvalue weighted by molar-refractivity contribution is -0.113. The van der Waals surface area contributed by atoms with Crippen molar-refractivity contribution in [2.24, 2.45) is 0 Å². The van der Waals surface area contributed by atoms with E-state index >= 15 is 0 Å². The van der Waals surface area contributed by atoms with E-state index < -0.39 is 6.04 Å². The van der Waals surface area contributed by atoms with E-state index in [1.54, 1.807) is 0 Å². The molecule has 3 rings (SSSR count). The van der Waals surface area contributed by atoms with Gasteiger partial charge in [0, 0.05) is 22.4 Å². The van der Waals surface area contributed by atoms with E-state index in [1.165, 1.54) is 6.08 Å². The number of aryl methyl sites for hydroxylation is 1. The summed E-state index contributed by atoms with van der Waals surface area (Å²) in [6.07, 6.45) is 2.03. The number of ketones is 1. The molecule has 1 N–H and O–H groups in total. The lowest BCUT2D eigenvalue weighted by atomic mass is 9.83. The van der Waals surface area contributed by atoms with Crippen LogP contribution in [0.2, 0.25) is 0 Å². The molecule has 2 aromatic carbocycles. The summed E-state index contributed by atoms with van der Waals surface area (Å²) in [6.45, 7) is 5.58. The summed E-state index contributed by atoms with van der Waals surface area (Å²) in [4.78, 5) is 24.0. The molecule has 1 aliphatic rings. The van der Waals surface area contributed by atoms with Crippen LogP contribution in [0, 0.1) is 6.92 Å². The molecule has 3 heteroatoms. The van der Waals surface area contributed by atoms with Crippen LogP contribution in [0.4, 0.5) is 5.69 Å². The molecule has 23 heavy (non-hydrogen) atoms. The van der Waals surface area contributed by atoms with Gasteiger partial charge in [0.2, 0.25) is 0 Å². The average molecular weight is 303 g/mol. The molecule has 3 nitrogen and oxygen atoms in total. The molecule has 0 radical (unpaired) electrons. The number of nitrogens with one attached hydrogen (secondary N) is 1. The average Bonchev–Trinajstić information content (AvgIpc) is 2.60.